The highest BCUT2D eigenvalue weighted by molar-refractivity contribution is 4.93. The Hall–Kier alpha value is -0.960. The molecule has 0 aromatic rings. The Morgan fingerprint density at radius 1 is 0.500 bits per heavy atom. The summed E-state index contributed by atoms with van der Waals surface area (Å²) in [6, 6.07) is 0. The molecule has 0 heterocycles. The van der Waals surface area contributed by atoms with Crippen molar-refractivity contribution < 1.29 is 51.1 Å². The Morgan fingerprint density at radius 2 is 0.875 bits per heavy atom. The second-order valence-electron chi connectivity index (χ2n) is 11.4. The molecule has 0 aliphatic rings. The van der Waals surface area contributed by atoms with Gasteiger partial charge in [-0.15, -0.1) is 0 Å². The number of rotatable bonds is 24. The molecule has 238 valence electrons. The van der Waals surface area contributed by atoms with Crippen molar-refractivity contribution in [3.63, 3.8) is 0 Å². The minimum absolute atomic E-state index is 0.00727. The van der Waals surface area contributed by atoms with Gasteiger partial charge in [0, 0.05) is 12.8 Å². The molecular formula is C29H57NO10. The monoisotopic (exact) mass is 579 g/mol. The molecule has 0 saturated heterocycles. The Bertz CT molecular complexity index is 665. The quantitative estimate of drug-likeness (QED) is 0.0660. The van der Waals surface area contributed by atoms with E-state index in [-0.39, 0.29) is 63.7 Å². The lowest BCUT2D eigenvalue weighted by molar-refractivity contribution is 0.0142. The fourth-order valence-electron chi connectivity index (χ4n) is 4.36. The SMILES string of the molecule is CC(C)C(O)CC(O)CC(O)CC(O)C=CCC(O)CC(O)CC(O)CC(O)C=CCC(O)CC(O)CCCN. The first-order chi connectivity index (χ1) is 18.7. The summed E-state index contributed by atoms with van der Waals surface area (Å²) in [5, 5.41) is 100. The molecule has 12 N–H and O–H groups in total. The number of aliphatic hydroxyl groups excluding tert-OH is 10. The van der Waals surface area contributed by atoms with Gasteiger partial charge in [0.15, 0.2) is 0 Å². The number of aliphatic hydroxyl groups is 10. The largest absolute Gasteiger partial charge is 0.393 e. The third-order valence-electron chi connectivity index (χ3n) is 6.76. The van der Waals surface area contributed by atoms with Crippen LogP contribution in [0.25, 0.3) is 0 Å². The van der Waals surface area contributed by atoms with Crippen molar-refractivity contribution in [2.75, 3.05) is 6.54 Å². The average Bonchev–Trinajstić information content (AvgIpc) is 2.81. The fourth-order valence-corrected chi connectivity index (χ4v) is 4.36. The number of hydrogen-bond acceptors (Lipinski definition) is 11. The molecule has 0 spiro atoms. The van der Waals surface area contributed by atoms with E-state index < -0.39 is 61.0 Å². The molecule has 0 aliphatic carbocycles. The van der Waals surface area contributed by atoms with Crippen molar-refractivity contribution in [2.24, 2.45) is 11.7 Å². The molecule has 11 heteroatoms. The maximum atomic E-state index is 10.2. The minimum Gasteiger partial charge on any atom is -0.393 e. The Kier molecular flexibility index (Phi) is 22.1. The fraction of sp³-hybridized carbons (Fsp3) is 0.862. The zero-order chi connectivity index (χ0) is 30.7. The summed E-state index contributed by atoms with van der Waals surface area (Å²) < 4.78 is 0. The van der Waals surface area contributed by atoms with E-state index in [4.69, 9.17) is 5.73 Å². The van der Waals surface area contributed by atoms with E-state index in [1.165, 1.54) is 18.2 Å². The molecule has 0 aromatic heterocycles. The summed E-state index contributed by atoms with van der Waals surface area (Å²) in [6.07, 6.45) is -1.02. The first-order valence-electron chi connectivity index (χ1n) is 14.6. The first kappa shape index (κ1) is 39.0. The molecule has 10 atom stereocenters. The maximum Gasteiger partial charge on any atom is 0.0745 e. The van der Waals surface area contributed by atoms with Gasteiger partial charge in [0.1, 0.15) is 0 Å². The van der Waals surface area contributed by atoms with Crippen LogP contribution < -0.4 is 5.73 Å². The second kappa shape index (κ2) is 22.6. The standard InChI is InChI=1S/C29H57NO10/c1-19(2)29(40)18-28(39)17-27(38)15-23(34)9-4-8-22(33)14-26(37)16-25(36)13-21(32)7-3-6-20(31)12-24(35)10-5-11-30/h3-4,7,9,19-29,31-40H,5-6,8,10-18,30H2,1-2H3. The molecule has 0 fully saturated rings. The second-order valence-corrected chi connectivity index (χ2v) is 11.4. The molecule has 0 aromatic carbocycles. The third-order valence-corrected chi connectivity index (χ3v) is 6.76. The van der Waals surface area contributed by atoms with Gasteiger partial charge in [-0.25, -0.2) is 0 Å². The van der Waals surface area contributed by atoms with Gasteiger partial charge in [0.2, 0.25) is 0 Å². The van der Waals surface area contributed by atoms with Crippen molar-refractivity contribution >= 4 is 0 Å². The third kappa shape index (κ3) is 21.7. The van der Waals surface area contributed by atoms with E-state index in [1.807, 2.05) is 13.8 Å². The molecule has 0 rings (SSSR count). The predicted molar refractivity (Wildman–Crippen MR) is 153 cm³/mol. The molecule has 0 radical (unpaired) electrons. The normalized spacial score (nSPS) is 20.4. The van der Waals surface area contributed by atoms with Crippen molar-refractivity contribution in [3.8, 4) is 0 Å². The van der Waals surface area contributed by atoms with Gasteiger partial charge in [0.05, 0.1) is 61.0 Å². The molecular weight excluding hydrogens is 522 g/mol. The van der Waals surface area contributed by atoms with Crippen LogP contribution in [0.2, 0.25) is 0 Å². The zero-order valence-electron chi connectivity index (χ0n) is 24.2. The summed E-state index contributed by atoms with van der Waals surface area (Å²) in [7, 11) is 0. The van der Waals surface area contributed by atoms with E-state index in [2.05, 4.69) is 0 Å². The summed E-state index contributed by atoms with van der Waals surface area (Å²) in [4.78, 5) is 0. The summed E-state index contributed by atoms with van der Waals surface area (Å²) in [5.41, 5.74) is 5.39. The van der Waals surface area contributed by atoms with Gasteiger partial charge in [-0.2, -0.15) is 0 Å². The Morgan fingerprint density at radius 3 is 1.30 bits per heavy atom. The van der Waals surface area contributed by atoms with Crippen LogP contribution in [0.15, 0.2) is 24.3 Å². The summed E-state index contributed by atoms with van der Waals surface area (Å²) in [6.45, 7) is 4.14. The van der Waals surface area contributed by atoms with Crippen molar-refractivity contribution in [1.29, 1.82) is 0 Å². The van der Waals surface area contributed by atoms with E-state index in [9.17, 15) is 51.1 Å². The molecule has 0 aliphatic heterocycles. The van der Waals surface area contributed by atoms with Gasteiger partial charge in [-0.1, -0.05) is 38.2 Å². The molecule has 0 saturated carbocycles. The van der Waals surface area contributed by atoms with Crippen LogP contribution in [-0.2, 0) is 0 Å². The van der Waals surface area contributed by atoms with Crippen LogP contribution in [0.5, 0.6) is 0 Å². The zero-order valence-corrected chi connectivity index (χ0v) is 24.2. The van der Waals surface area contributed by atoms with Crippen LogP contribution >= 0.6 is 0 Å². The van der Waals surface area contributed by atoms with Crippen molar-refractivity contribution in [3.05, 3.63) is 24.3 Å². The van der Waals surface area contributed by atoms with Crippen molar-refractivity contribution in [2.45, 2.75) is 146 Å². The van der Waals surface area contributed by atoms with Gasteiger partial charge >= 0.3 is 0 Å². The average molecular weight is 580 g/mol. The minimum atomic E-state index is -1.01. The smallest absolute Gasteiger partial charge is 0.0745 e. The van der Waals surface area contributed by atoms with Gasteiger partial charge in [0.25, 0.3) is 0 Å². The van der Waals surface area contributed by atoms with E-state index >= 15 is 0 Å². The van der Waals surface area contributed by atoms with Crippen LogP contribution in [0.1, 0.15) is 84.5 Å². The molecule has 40 heavy (non-hydrogen) atoms. The van der Waals surface area contributed by atoms with Gasteiger partial charge < -0.3 is 56.8 Å². The van der Waals surface area contributed by atoms with Crippen molar-refractivity contribution in [1.82, 2.24) is 0 Å². The van der Waals surface area contributed by atoms with Crippen LogP contribution in [0.4, 0.5) is 0 Å². The van der Waals surface area contributed by atoms with Gasteiger partial charge in [-0.3, -0.25) is 0 Å². The Labute approximate surface area is 239 Å². The molecule has 0 amide bonds. The van der Waals surface area contributed by atoms with E-state index in [0.717, 1.165) is 0 Å². The Balaban J connectivity index is 4.23. The predicted octanol–water partition coefficient (Wildman–Crippen LogP) is -0.386. The van der Waals surface area contributed by atoms with Crippen LogP contribution in [-0.4, -0.2) is 119 Å². The topological polar surface area (TPSA) is 228 Å². The highest BCUT2D eigenvalue weighted by Crippen LogP contribution is 2.16. The van der Waals surface area contributed by atoms with Gasteiger partial charge in [-0.05, 0) is 70.3 Å². The number of hydrogen-bond donors (Lipinski definition) is 11. The summed E-state index contributed by atoms with van der Waals surface area (Å²) >= 11 is 0. The van der Waals surface area contributed by atoms with E-state index in [0.29, 0.717) is 19.4 Å². The molecule has 10 unspecified atom stereocenters. The molecule has 0 bridgehead atoms. The highest BCUT2D eigenvalue weighted by atomic mass is 16.3. The lowest BCUT2D eigenvalue weighted by Crippen LogP contribution is -2.27. The first-order valence-corrected chi connectivity index (χ1v) is 14.6. The highest BCUT2D eigenvalue weighted by Gasteiger charge is 2.20. The summed E-state index contributed by atoms with van der Waals surface area (Å²) in [5.74, 6) is -0.00727. The van der Waals surface area contributed by atoms with E-state index in [1.54, 1.807) is 6.08 Å². The lowest BCUT2D eigenvalue weighted by Gasteiger charge is -2.21. The number of nitrogens with two attached hydrogens (primary N) is 1. The lowest BCUT2D eigenvalue weighted by atomic mass is 9.96. The maximum absolute atomic E-state index is 10.2. The van der Waals surface area contributed by atoms with Crippen LogP contribution in [0.3, 0.4) is 0 Å². The van der Waals surface area contributed by atoms with Crippen LogP contribution in [0, 0.1) is 5.92 Å². The molecule has 11 nitrogen and oxygen atoms in total.